The molecule has 0 aliphatic carbocycles. The Bertz CT molecular complexity index is 81.8. The molecule has 0 aliphatic rings. The Morgan fingerprint density at radius 3 is 1.23 bits per heavy atom. The average molecular weight is 250 g/mol. The van der Waals surface area contributed by atoms with Gasteiger partial charge in [0.1, 0.15) is 0 Å². The second kappa shape index (κ2) is 10.5. The number of hydrogen-bond acceptors (Lipinski definition) is 3. The van der Waals surface area contributed by atoms with Crippen LogP contribution in [-0.2, 0) is 11.3 Å². The van der Waals surface area contributed by atoms with Crippen molar-refractivity contribution in [3.05, 3.63) is 0 Å². The van der Waals surface area contributed by atoms with Crippen LogP contribution in [0.1, 0.15) is 40.0 Å². The molecule has 4 heteroatoms. The fraction of sp³-hybridized carbons (Fsp3) is 1.00. The summed E-state index contributed by atoms with van der Waals surface area (Å²) < 4.78 is 16.6. The molecule has 0 aromatic carbocycles. The Labute approximate surface area is 86.9 Å². The molecule has 79 valence electrons. The maximum absolute atomic E-state index is 5.52. The van der Waals surface area contributed by atoms with E-state index >= 15 is 0 Å². The summed E-state index contributed by atoms with van der Waals surface area (Å²) in [5.41, 5.74) is 0. The predicted molar refractivity (Wildman–Crippen MR) is 54.5 cm³/mol. The van der Waals surface area contributed by atoms with Crippen molar-refractivity contribution >= 4 is 15.4 Å². The van der Waals surface area contributed by atoms with Crippen molar-refractivity contribution in [2.75, 3.05) is 19.8 Å². The van der Waals surface area contributed by atoms with Crippen molar-refractivity contribution in [1.82, 2.24) is 0 Å². The van der Waals surface area contributed by atoms with Crippen LogP contribution < -0.4 is 0 Å². The number of rotatable bonds is 9. The summed E-state index contributed by atoms with van der Waals surface area (Å²) in [5, 5.41) is 0. The average Bonchev–Trinajstić information content (AvgIpc) is 2.17. The normalized spacial score (nSPS) is 11.1. The van der Waals surface area contributed by atoms with Crippen LogP contribution in [0.3, 0.4) is 0 Å². The van der Waals surface area contributed by atoms with Crippen LogP contribution in [0.4, 0.5) is 0 Å². The SMILES string of the molecule is CCC[O][Ge]([O]CCC)[O]CCC. The molecule has 0 saturated heterocycles. The van der Waals surface area contributed by atoms with Crippen LogP contribution >= 0.6 is 0 Å². The summed E-state index contributed by atoms with van der Waals surface area (Å²) in [6.45, 7) is 8.58. The second-order valence-electron chi connectivity index (χ2n) is 2.80. The van der Waals surface area contributed by atoms with Gasteiger partial charge in [-0.25, -0.2) is 0 Å². The first-order valence-corrected chi connectivity index (χ1v) is 7.67. The van der Waals surface area contributed by atoms with Gasteiger partial charge < -0.3 is 0 Å². The Hall–Kier alpha value is 0.423. The molecule has 0 atom stereocenters. The van der Waals surface area contributed by atoms with Crippen LogP contribution in [0.25, 0.3) is 0 Å². The van der Waals surface area contributed by atoms with Crippen LogP contribution in [0.2, 0.25) is 0 Å². The van der Waals surface area contributed by atoms with E-state index in [1.807, 2.05) is 0 Å². The van der Waals surface area contributed by atoms with E-state index in [1.165, 1.54) is 0 Å². The molecule has 3 nitrogen and oxygen atoms in total. The topological polar surface area (TPSA) is 27.7 Å². The van der Waals surface area contributed by atoms with Gasteiger partial charge in [0.05, 0.1) is 0 Å². The van der Waals surface area contributed by atoms with Gasteiger partial charge in [-0.1, -0.05) is 0 Å². The van der Waals surface area contributed by atoms with E-state index in [4.69, 9.17) is 11.3 Å². The predicted octanol–water partition coefficient (Wildman–Crippen LogP) is 2.25. The molecule has 0 heterocycles. The van der Waals surface area contributed by atoms with Crippen molar-refractivity contribution in [2.45, 2.75) is 40.0 Å². The standard InChI is InChI=1S/C9H21GeO3/c1-4-7-11-10(12-8-5-2)13-9-6-3/h4-9H2,1-3H3. The molecule has 0 rings (SSSR count). The third kappa shape index (κ3) is 8.74. The molecule has 0 unspecified atom stereocenters. The number of hydrogen-bond donors (Lipinski definition) is 0. The van der Waals surface area contributed by atoms with E-state index in [9.17, 15) is 0 Å². The molecule has 0 aromatic rings. The van der Waals surface area contributed by atoms with Gasteiger partial charge in [0.2, 0.25) is 0 Å². The molecule has 0 bridgehead atoms. The molecular weight excluding hydrogens is 229 g/mol. The first-order chi connectivity index (χ1) is 6.35. The van der Waals surface area contributed by atoms with E-state index in [0.29, 0.717) is 0 Å². The summed E-state index contributed by atoms with van der Waals surface area (Å²) in [6, 6.07) is 0. The van der Waals surface area contributed by atoms with Gasteiger partial charge >= 0.3 is 86.5 Å². The monoisotopic (exact) mass is 251 g/mol. The van der Waals surface area contributed by atoms with Crippen molar-refractivity contribution in [1.29, 1.82) is 0 Å². The van der Waals surface area contributed by atoms with Gasteiger partial charge in [-0.3, -0.25) is 0 Å². The summed E-state index contributed by atoms with van der Waals surface area (Å²) in [6.07, 6.45) is 3.09. The molecule has 0 saturated carbocycles. The molecule has 0 aliphatic heterocycles. The molecule has 1 radical (unpaired) electrons. The summed E-state index contributed by atoms with van der Waals surface area (Å²) in [4.78, 5) is 0. The van der Waals surface area contributed by atoms with E-state index < -0.39 is 15.4 Å². The van der Waals surface area contributed by atoms with Crippen LogP contribution in [-0.4, -0.2) is 35.2 Å². The van der Waals surface area contributed by atoms with Crippen LogP contribution in [0, 0.1) is 0 Å². The minimum absolute atomic E-state index is 0.767. The molecule has 0 spiro atoms. The Morgan fingerprint density at radius 2 is 1.00 bits per heavy atom. The van der Waals surface area contributed by atoms with Crippen LogP contribution in [0.5, 0.6) is 0 Å². The van der Waals surface area contributed by atoms with Crippen molar-refractivity contribution in [3.8, 4) is 0 Å². The van der Waals surface area contributed by atoms with Gasteiger partial charge in [0.25, 0.3) is 0 Å². The Kier molecular flexibility index (Phi) is 10.8. The van der Waals surface area contributed by atoms with Gasteiger partial charge in [-0.15, -0.1) is 0 Å². The van der Waals surface area contributed by atoms with Crippen molar-refractivity contribution < 1.29 is 11.3 Å². The van der Waals surface area contributed by atoms with Crippen molar-refractivity contribution in [3.63, 3.8) is 0 Å². The second-order valence-corrected chi connectivity index (χ2v) is 5.66. The third-order valence-corrected chi connectivity index (χ3v) is 4.04. The van der Waals surface area contributed by atoms with Crippen LogP contribution in [0.15, 0.2) is 0 Å². The van der Waals surface area contributed by atoms with Gasteiger partial charge in [0.15, 0.2) is 0 Å². The summed E-state index contributed by atoms with van der Waals surface area (Å²) in [5.74, 6) is 0. The fourth-order valence-corrected chi connectivity index (χ4v) is 3.54. The Balaban J connectivity index is 3.47. The van der Waals surface area contributed by atoms with E-state index in [2.05, 4.69) is 20.8 Å². The van der Waals surface area contributed by atoms with Gasteiger partial charge in [-0.2, -0.15) is 0 Å². The zero-order chi connectivity index (χ0) is 9.94. The molecular formula is C9H21GeO3. The molecule has 13 heavy (non-hydrogen) atoms. The van der Waals surface area contributed by atoms with Crippen molar-refractivity contribution in [2.24, 2.45) is 0 Å². The first-order valence-electron chi connectivity index (χ1n) is 5.10. The minimum atomic E-state index is -2.05. The molecule has 0 aromatic heterocycles. The van der Waals surface area contributed by atoms with E-state index in [-0.39, 0.29) is 0 Å². The molecule has 0 amide bonds. The molecule has 0 fully saturated rings. The Morgan fingerprint density at radius 1 is 0.692 bits per heavy atom. The maximum atomic E-state index is 5.52. The third-order valence-electron chi connectivity index (χ3n) is 1.27. The zero-order valence-electron chi connectivity index (χ0n) is 8.97. The quantitative estimate of drug-likeness (QED) is 0.587. The summed E-state index contributed by atoms with van der Waals surface area (Å²) in [7, 11) is 0. The first kappa shape index (κ1) is 13.4. The van der Waals surface area contributed by atoms with Gasteiger partial charge in [0, 0.05) is 0 Å². The van der Waals surface area contributed by atoms with E-state index in [1.54, 1.807) is 0 Å². The zero-order valence-corrected chi connectivity index (χ0v) is 11.1. The fourth-order valence-electron chi connectivity index (χ4n) is 0.681. The molecule has 0 N–H and O–H groups in total. The van der Waals surface area contributed by atoms with Gasteiger partial charge in [-0.05, 0) is 0 Å². The van der Waals surface area contributed by atoms with E-state index in [0.717, 1.165) is 39.1 Å². The summed E-state index contributed by atoms with van der Waals surface area (Å²) >= 11 is -2.05.